The molecule has 138 valence electrons. The van der Waals surface area contributed by atoms with Crippen LogP contribution in [-0.4, -0.2) is 27.9 Å². The van der Waals surface area contributed by atoms with Crippen LogP contribution in [0.5, 0.6) is 0 Å². The topological polar surface area (TPSA) is 91.8 Å². The van der Waals surface area contributed by atoms with E-state index in [0.29, 0.717) is 17.3 Å². The summed E-state index contributed by atoms with van der Waals surface area (Å²) in [6, 6.07) is 18.9. The SMILES string of the molecule is CNC(=O)c1cccc(Nc2nccc(Nc3cnc4ccccc4c3)n2)c1. The Morgan fingerprint density at radius 3 is 2.68 bits per heavy atom. The molecule has 7 nitrogen and oxygen atoms in total. The molecule has 4 rings (SSSR count). The number of rotatable bonds is 5. The summed E-state index contributed by atoms with van der Waals surface area (Å²) in [5.74, 6) is 0.911. The van der Waals surface area contributed by atoms with E-state index in [-0.39, 0.29) is 5.91 Å². The lowest BCUT2D eigenvalue weighted by Gasteiger charge is -2.09. The van der Waals surface area contributed by atoms with E-state index in [1.165, 1.54) is 0 Å². The van der Waals surface area contributed by atoms with E-state index in [9.17, 15) is 4.79 Å². The van der Waals surface area contributed by atoms with Gasteiger partial charge in [-0.25, -0.2) is 4.98 Å². The van der Waals surface area contributed by atoms with Crippen LogP contribution in [0.3, 0.4) is 0 Å². The molecule has 0 unspecified atom stereocenters. The summed E-state index contributed by atoms with van der Waals surface area (Å²) in [4.78, 5) is 24.9. The van der Waals surface area contributed by atoms with Crippen molar-refractivity contribution in [3.8, 4) is 0 Å². The molecule has 0 aliphatic heterocycles. The Morgan fingerprint density at radius 1 is 0.893 bits per heavy atom. The van der Waals surface area contributed by atoms with Gasteiger partial charge in [0.25, 0.3) is 5.91 Å². The van der Waals surface area contributed by atoms with Crippen molar-refractivity contribution in [2.24, 2.45) is 0 Å². The van der Waals surface area contributed by atoms with Gasteiger partial charge in [-0.1, -0.05) is 24.3 Å². The Kier molecular flexibility index (Phi) is 4.79. The van der Waals surface area contributed by atoms with Crippen LogP contribution in [0, 0.1) is 0 Å². The predicted octanol–water partition coefficient (Wildman–Crippen LogP) is 3.87. The molecule has 0 bridgehead atoms. The van der Waals surface area contributed by atoms with Crippen LogP contribution in [0.1, 0.15) is 10.4 Å². The first kappa shape index (κ1) is 17.4. The van der Waals surface area contributed by atoms with E-state index in [4.69, 9.17) is 0 Å². The van der Waals surface area contributed by atoms with Gasteiger partial charge in [0, 0.05) is 29.9 Å². The van der Waals surface area contributed by atoms with E-state index >= 15 is 0 Å². The molecule has 0 fully saturated rings. The first-order valence-corrected chi connectivity index (χ1v) is 8.75. The summed E-state index contributed by atoms with van der Waals surface area (Å²) in [7, 11) is 1.60. The molecule has 7 heteroatoms. The Labute approximate surface area is 161 Å². The Morgan fingerprint density at radius 2 is 1.79 bits per heavy atom. The molecule has 0 spiro atoms. The van der Waals surface area contributed by atoms with E-state index in [0.717, 1.165) is 22.3 Å². The minimum atomic E-state index is -0.149. The van der Waals surface area contributed by atoms with Crippen LogP contribution < -0.4 is 16.0 Å². The highest BCUT2D eigenvalue weighted by atomic mass is 16.1. The number of para-hydroxylation sites is 1. The van der Waals surface area contributed by atoms with Crippen molar-refractivity contribution in [3.05, 3.63) is 78.6 Å². The summed E-state index contributed by atoms with van der Waals surface area (Å²) in [5, 5.41) is 10.0. The molecule has 0 saturated carbocycles. The van der Waals surface area contributed by atoms with Gasteiger partial charge >= 0.3 is 0 Å². The molecule has 0 aliphatic carbocycles. The minimum Gasteiger partial charge on any atom is -0.355 e. The molecular formula is C21H18N6O. The van der Waals surface area contributed by atoms with Gasteiger partial charge in [0.2, 0.25) is 5.95 Å². The van der Waals surface area contributed by atoms with Gasteiger partial charge in [-0.3, -0.25) is 9.78 Å². The number of carbonyl (C=O) groups is 1. The largest absolute Gasteiger partial charge is 0.355 e. The standard InChI is InChI=1S/C21H18N6O/c1-22-20(28)15-6-4-7-16(12-15)26-21-23-10-9-19(27-21)25-17-11-14-5-2-3-8-18(14)24-13-17/h2-13H,1H3,(H,22,28)(H2,23,25,26,27). The fraction of sp³-hybridized carbons (Fsp3) is 0.0476. The zero-order chi connectivity index (χ0) is 19.3. The van der Waals surface area contributed by atoms with Crippen molar-refractivity contribution < 1.29 is 4.79 Å². The number of benzene rings is 2. The maximum absolute atomic E-state index is 11.8. The molecule has 0 saturated heterocycles. The van der Waals surface area contributed by atoms with Crippen LogP contribution >= 0.6 is 0 Å². The summed E-state index contributed by atoms with van der Waals surface area (Å²) in [6.45, 7) is 0. The highest BCUT2D eigenvalue weighted by Gasteiger charge is 2.06. The van der Waals surface area contributed by atoms with Gasteiger partial charge in [-0.15, -0.1) is 0 Å². The average Bonchev–Trinajstić information content (AvgIpc) is 2.73. The van der Waals surface area contributed by atoms with Crippen molar-refractivity contribution >= 4 is 40.0 Å². The number of aromatic nitrogens is 3. The summed E-state index contributed by atoms with van der Waals surface area (Å²) < 4.78 is 0. The normalized spacial score (nSPS) is 10.5. The zero-order valence-electron chi connectivity index (χ0n) is 15.2. The summed E-state index contributed by atoms with van der Waals surface area (Å²) >= 11 is 0. The van der Waals surface area contributed by atoms with E-state index in [1.807, 2.05) is 36.4 Å². The van der Waals surface area contributed by atoms with Crippen LogP contribution in [0.2, 0.25) is 0 Å². The van der Waals surface area contributed by atoms with Crippen LogP contribution in [0.4, 0.5) is 23.1 Å². The monoisotopic (exact) mass is 370 g/mol. The van der Waals surface area contributed by atoms with Crippen molar-refractivity contribution in [2.45, 2.75) is 0 Å². The number of fused-ring (bicyclic) bond motifs is 1. The lowest BCUT2D eigenvalue weighted by Crippen LogP contribution is -2.17. The highest BCUT2D eigenvalue weighted by molar-refractivity contribution is 5.95. The van der Waals surface area contributed by atoms with Gasteiger partial charge in [-0.05, 0) is 36.4 Å². The zero-order valence-corrected chi connectivity index (χ0v) is 15.2. The van der Waals surface area contributed by atoms with E-state index < -0.39 is 0 Å². The van der Waals surface area contributed by atoms with Crippen LogP contribution in [0.15, 0.2) is 73.1 Å². The lowest BCUT2D eigenvalue weighted by atomic mass is 10.2. The fourth-order valence-electron chi connectivity index (χ4n) is 2.79. The minimum absolute atomic E-state index is 0.149. The molecule has 28 heavy (non-hydrogen) atoms. The second-order valence-electron chi connectivity index (χ2n) is 6.09. The second-order valence-corrected chi connectivity index (χ2v) is 6.09. The third-order valence-electron chi connectivity index (χ3n) is 4.13. The Balaban J connectivity index is 1.53. The maximum Gasteiger partial charge on any atom is 0.251 e. The highest BCUT2D eigenvalue weighted by Crippen LogP contribution is 2.21. The molecule has 2 aromatic heterocycles. The quantitative estimate of drug-likeness (QED) is 0.494. The van der Waals surface area contributed by atoms with Crippen molar-refractivity contribution in [1.82, 2.24) is 20.3 Å². The third kappa shape index (κ3) is 3.88. The van der Waals surface area contributed by atoms with Gasteiger partial charge in [0.05, 0.1) is 17.4 Å². The fourth-order valence-corrected chi connectivity index (χ4v) is 2.79. The van der Waals surface area contributed by atoms with Crippen molar-refractivity contribution in [3.63, 3.8) is 0 Å². The van der Waals surface area contributed by atoms with Crippen LogP contribution in [0.25, 0.3) is 10.9 Å². The molecule has 0 radical (unpaired) electrons. The number of amides is 1. The molecule has 2 heterocycles. The molecule has 4 aromatic rings. The second kappa shape index (κ2) is 7.71. The lowest BCUT2D eigenvalue weighted by molar-refractivity contribution is 0.0963. The molecule has 3 N–H and O–H groups in total. The Bertz CT molecular complexity index is 1140. The van der Waals surface area contributed by atoms with Gasteiger partial charge in [0.15, 0.2) is 0 Å². The van der Waals surface area contributed by atoms with Crippen molar-refractivity contribution in [1.29, 1.82) is 0 Å². The number of carbonyl (C=O) groups excluding carboxylic acids is 1. The molecule has 2 aromatic carbocycles. The number of nitrogens with zero attached hydrogens (tertiary/aromatic N) is 3. The summed E-state index contributed by atoms with van der Waals surface area (Å²) in [5.41, 5.74) is 3.06. The van der Waals surface area contributed by atoms with Gasteiger partial charge in [0.1, 0.15) is 5.82 Å². The Hall–Kier alpha value is -4.00. The predicted molar refractivity (Wildman–Crippen MR) is 110 cm³/mol. The molecule has 0 atom stereocenters. The first-order chi connectivity index (χ1) is 13.7. The smallest absolute Gasteiger partial charge is 0.251 e. The van der Waals surface area contributed by atoms with E-state index in [2.05, 4.69) is 30.9 Å². The number of hydrogen-bond donors (Lipinski definition) is 3. The molecule has 1 amide bonds. The van der Waals surface area contributed by atoms with Crippen LogP contribution in [-0.2, 0) is 0 Å². The van der Waals surface area contributed by atoms with Gasteiger partial charge < -0.3 is 16.0 Å². The summed E-state index contributed by atoms with van der Waals surface area (Å²) in [6.07, 6.45) is 3.43. The molecule has 0 aliphatic rings. The number of nitrogens with one attached hydrogen (secondary N) is 3. The van der Waals surface area contributed by atoms with Gasteiger partial charge in [-0.2, -0.15) is 4.98 Å². The maximum atomic E-state index is 11.8. The van der Waals surface area contributed by atoms with E-state index in [1.54, 1.807) is 43.7 Å². The van der Waals surface area contributed by atoms with Crippen molar-refractivity contribution in [2.75, 3.05) is 17.7 Å². The molecular weight excluding hydrogens is 352 g/mol. The number of hydrogen-bond acceptors (Lipinski definition) is 6. The first-order valence-electron chi connectivity index (χ1n) is 8.75. The third-order valence-corrected chi connectivity index (χ3v) is 4.13. The number of anilines is 4. The number of pyridine rings is 1. The average molecular weight is 370 g/mol.